The third kappa shape index (κ3) is 6.06. The Bertz CT molecular complexity index is 1180. The predicted molar refractivity (Wildman–Crippen MR) is 131 cm³/mol. The van der Waals surface area contributed by atoms with Crippen molar-refractivity contribution in [1.82, 2.24) is 5.32 Å². The van der Waals surface area contributed by atoms with Gasteiger partial charge in [-0.25, -0.2) is 8.42 Å². The average molecular weight is 487 g/mol. The van der Waals surface area contributed by atoms with Gasteiger partial charge in [0.25, 0.3) is 10.0 Å². The topological polar surface area (TPSA) is 75.7 Å². The number of hydrogen-bond acceptors (Lipinski definition) is 4. The van der Waals surface area contributed by atoms with E-state index in [0.717, 1.165) is 21.2 Å². The number of sulfonamides is 1. The Labute approximate surface area is 200 Å². The second kappa shape index (κ2) is 10.7. The Morgan fingerprint density at radius 3 is 2.15 bits per heavy atom. The quantitative estimate of drug-likeness (QED) is 0.455. The van der Waals surface area contributed by atoms with Crippen LogP contribution in [0.2, 0.25) is 5.02 Å². The fourth-order valence-corrected chi connectivity index (χ4v) is 4.93. The molecule has 0 bridgehead atoms. The molecule has 3 aromatic carbocycles. The highest BCUT2D eigenvalue weighted by Crippen LogP contribution is 2.26. The maximum absolute atomic E-state index is 13.5. The monoisotopic (exact) mass is 486 g/mol. The Kier molecular flexibility index (Phi) is 8.00. The number of ether oxygens (including phenoxy) is 1. The molecule has 1 amide bonds. The van der Waals surface area contributed by atoms with Gasteiger partial charge in [0.05, 0.1) is 23.7 Å². The van der Waals surface area contributed by atoms with Crippen LogP contribution in [0.4, 0.5) is 5.69 Å². The summed E-state index contributed by atoms with van der Waals surface area (Å²) >= 11 is 5.99. The smallest absolute Gasteiger partial charge is 0.264 e. The number of nitrogens with zero attached hydrogens (tertiary/aromatic N) is 1. The van der Waals surface area contributed by atoms with Crippen molar-refractivity contribution in [1.29, 1.82) is 0 Å². The van der Waals surface area contributed by atoms with Crippen LogP contribution in [0.3, 0.4) is 0 Å². The normalized spacial score (nSPS) is 12.1. The highest BCUT2D eigenvalue weighted by Gasteiger charge is 2.28. The van der Waals surface area contributed by atoms with E-state index in [1.807, 2.05) is 38.1 Å². The molecule has 174 valence electrons. The molecule has 0 aliphatic heterocycles. The maximum atomic E-state index is 13.5. The highest BCUT2D eigenvalue weighted by molar-refractivity contribution is 7.92. The van der Waals surface area contributed by atoms with Crippen LogP contribution in [0.1, 0.15) is 30.5 Å². The summed E-state index contributed by atoms with van der Waals surface area (Å²) in [6.45, 7) is 3.46. The standard InChI is InChI=1S/C25H27ClN2O4S/c1-4-24(19-7-13-22(32-3)14-8-19)27-25(29)17-28(21-11-9-20(26)10-12-21)33(30,31)23-15-5-18(2)6-16-23/h5-16,24H,4,17H2,1-3H3,(H,27,29). The van der Waals surface area contributed by atoms with Crippen LogP contribution >= 0.6 is 11.6 Å². The molecule has 33 heavy (non-hydrogen) atoms. The number of anilines is 1. The van der Waals surface area contributed by atoms with Crippen LogP contribution in [0.25, 0.3) is 0 Å². The molecule has 3 rings (SSSR count). The number of rotatable bonds is 9. The molecule has 0 radical (unpaired) electrons. The maximum Gasteiger partial charge on any atom is 0.264 e. The Morgan fingerprint density at radius 2 is 1.61 bits per heavy atom. The van der Waals surface area contributed by atoms with E-state index in [4.69, 9.17) is 16.3 Å². The van der Waals surface area contributed by atoms with Gasteiger partial charge in [0.15, 0.2) is 0 Å². The van der Waals surface area contributed by atoms with E-state index < -0.39 is 15.9 Å². The van der Waals surface area contributed by atoms with Gasteiger partial charge in [0.2, 0.25) is 5.91 Å². The zero-order valence-electron chi connectivity index (χ0n) is 18.8. The summed E-state index contributed by atoms with van der Waals surface area (Å²) in [5.74, 6) is 0.307. The third-order valence-corrected chi connectivity index (χ3v) is 7.31. The summed E-state index contributed by atoms with van der Waals surface area (Å²) in [5.41, 5.74) is 2.20. The summed E-state index contributed by atoms with van der Waals surface area (Å²) in [5, 5.41) is 3.43. The number of nitrogens with one attached hydrogen (secondary N) is 1. The zero-order chi connectivity index (χ0) is 24.0. The van der Waals surface area contributed by atoms with Crippen molar-refractivity contribution in [3.63, 3.8) is 0 Å². The van der Waals surface area contributed by atoms with Crippen molar-refractivity contribution in [2.45, 2.75) is 31.2 Å². The van der Waals surface area contributed by atoms with Crippen molar-refractivity contribution in [3.8, 4) is 5.75 Å². The molecule has 0 saturated carbocycles. The number of carbonyl (C=O) groups excluding carboxylic acids is 1. The lowest BCUT2D eigenvalue weighted by molar-refractivity contribution is -0.120. The van der Waals surface area contributed by atoms with E-state index in [0.29, 0.717) is 17.1 Å². The molecule has 0 aromatic heterocycles. The molecular weight excluding hydrogens is 460 g/mol. The summed E-state index contributed by atoms with van der Waals surface area (Å²) < 4.78 is 33.2. The molecular formula is C25H27ClN2O4S. The molecule has 1 atom stereocenters. The number of methoxy groups -OCH3 is 1. The summed E-state index contributed by atoms with van der Waals surface area (Å²) in [6.07, 6.45) is 0.643. The second-order valence-electron chi connectivity index (χ2n) is 7.60. The van der Waals surface area contributed by atoms with Crippen molar-refractivity contribution in [3.05, 3.63) is 88.9 Å². The van der Waals surface area contributed by atoms with Crippen LogP contribution in [0.15, 0.2) is 77.7 Å². The largest absolute Gasteiger partial charge is 0.497 e. The van der Waals surface area contributed by atoms with E-state index >= 15 is 0 Å². The SMILES string of the molecule is CCC(NC(=O)CN(c1ccc(Cl)cc1)S(=O)(=O)c1ccc(C)cc1)c1ccc(OC)cc1. The Hall–Kier alpha value is -3.03. The fourth-order valence-electron chi connectivity index (χ4n) is 3.39. The van der Waals surface area contributed by atoms with E-state index in [2.05, 4.69) is 5.32 Å². The first-order valence-corrected chi connectivity index (χ1v) is 12.3. The summed E-state index contributed by atoms with van der Waals surface area (Å²) in [4.78, 5) is 13.1. The first kappa shape index (κ1) is 24.6. The van der Waals surface area contributed by atoms with Gasteiger partial charge >= 0.3 is 0 Å². The van der Waals surface area contributed by atoms with Gasteiger partial charge in [-0.15, -0.1) is 0 Å². The van der Waals surface area contributed by atoms with Crippen LogP contribution in [-0.2, 0) is 14.8 Å². The molecule has 0 aliphatic carbocycles. The zero-order valence-corrected chi connectivity index (χ0v) is 20.4. The first-order chi connectivity index (χ1) is 15.7. The number of carbonyl (C=O) groups is 1. The number of hydrogen-bond donors (Lipinski definition) is 1. The minimum Gasteiger partial charge on any atom is -0.497 e. The van der Waals surface area contributed by atoms with Gasteiger partial charge in [-0.1, -0.05) is 48.4 Å². The third-order valence-electron chi connectivity index (χ3n) is 5.27. The van der Waals surface area contributed by atoms with Crippen molar-refractivity contribution in [2.75, 3.05) is 18.0 Å². The van der Waals surface area contributed by atoms with E-state index in [-0.39, 0.29) is 17.5 Å². The van der Waals surface area contributed by atoms with E-state index in [1.165, 1.54) is 12.1 Å². The Balaban J connectivity index is 1.88. The molecule has 1 N–H and O–H groups in total. The molecule has 0 aliphatic rings. The number of amides is 1. The number of benzene rings is 3. The van der Waals surface area contributed by atoms with Crippen molar-refractivity contribution < 1.29 is 17.9 Å². The van der Waals surface area contributed by atoms with Crippen LogP contribution in [0, 0.1) is 6.92 Å². The summed E-state index contributed by atoms with van der Waals surface area (Å²) in [7, 11) is -2.39. The molecule has 1 unspecified atom stereocenters. The van der Waals surface area contributed by atoms with Gasteiger partial charge in [0.1, 0.15) is 12.3 Å². The lowest BCUT2D eigenvalue weighted by Crippen LogP contribution is -2.42. The number of halogens is 1. The van der Waals surface area contributed by atoms with E-state index in [9.17, 15) is 13.2 Å². The molecule has 0 spiro atoms. The first-order valence-electron chi connectivity index (χ1n) is 10.5. The Morgan fingerprint density at radius 1 is 1.00 bits per heavy atom. The van der Waals surface area contributed by atoms with Crippen molar-refractivity contribution >= 4 is 33.2 Å². The van der Waals surface area contributed by atoms with Gasteiger partial charge in [-0.3, -0.25) is 9.10 Å². The van der Waals surface area contributed by atoms with Gasteiger partial charge < -0.3 is 10.1 Å². The minimum absolute atomic E-state index is 0.109. The van der Waals surface area contributed by atoms with Crippen LogP contribution < -0.4 is 14.4 Å². The molecule has 0 saturated heterocycles. The fraction of sp³-hybridized carbons (Fsp3) is 0.240. The summed E-state index contributed by atoms with van der Waals surface area (Å²) in [6, 6.07) is 20.0. The van der Waals surface area contributed by atoms with E-state index in [1.54, 1.807) is 43.5 Å². The van der Waals surface area contributed by atoms with Crippen molar-refractivity contribution in [2.24, 2.45) is 0 Å². The molecule has 0 fully saturated rings. The van der Waals surface area contributed by atoms with Gasteiger partial charge in [-0.2, -0.15) is 0 Å². The van der Waals surface area contributed by atoms with Crippen LogP contribution in [-0.4, -0.2) is 28.0 Å². The molecule has 3 aromatic rings. The second-order valence-corrected chi connectivity index (χ2v) is 9.90. The molecule has 0 heterocycles. The molecule has 6 nitrogen and oxygen atoms in total. The highest BCUT2D eigenvalue weighted by atomic mass is 35.5. The minimum atomic E-state index is -3.98. The number of aryl methyl sites for hydroxylation is 1. The predicted octanol–water partition coefficient (Wildman–Crippen LogP) is 5.12. The lowest BCUT2D eigenvalue weighted by Gasteiger charge is -2.26. The van der Waals surface area contributed by atoms with Gasteiger partial charge in [0, 0.05) is 5.02 Å². The van der Waals surface area contributed by atoms with Gasteiger partial charge in [-0.05, 0) is 67.4 Å². The molecule has 8 heteroatoms. The lowest BCUT2D eigenvalue weighted by atomic mass is 10.0. The van der Waals surface area contributed by atoms with Crippen LogP contribution in [0.5, 0.6) is 5.75 Å². The average Bonchev–Trinajstić information content (AvgIpc) is 2.82.